The average molecular weight is 373 g/mol. The molecule has 0 aromatic heterocycles. The molecule has 2 rings (SSSR count). The van der Waals surface area contributed by atoms with Gasteiger partial charge in [0.25, 0.3) is 0 Å². The van der Waals surface area contributed by atoms with E-state index in [9.17, 15) is 18.0 Å². The summed E-state index contributed by atoms with van der Waals surface area (Å²) < 4.78 is 48.1. The number of guanidine groups is 1. The van der Waals surface area contributed by atoms with Gasteiger partial charge >= 0.3 is 12.6 Å². The number of nitrogens with one attached hydrogen (secondary N) is 1. The van der Waals surface area contributed by atoms with Crippen LogP contribution in [0.1, 0.15) is 18.4 Å². The minimum atomic E-state index is -3.03. The van der Waals surface area contributed by atoms with E-state index in [1.54, 1.807) is 7.05 Å². The number of ether oxygens (including phenoxy) is 2. The van der Waals surface area contributed by atoms with Crippen molar-refractivity contribution in [1.29, 1.82) is 0 Å². The number of benzene rings is 1. The van der Waals surface area contributed by atoms with Gasteiger partial charge in [0.1, 0.15) is 11.6 Å². The minimum absolute atomic E-state index is 0.00148. The van der Waals surface area contributed by atoms with Gasteiger partial charge in [-0.05, 0) is 25.0 Å². The van der Waals surface area contributed by atoms with Crippen LogP contribution in [0.5, 0.6) is 5.75 Å². The van der Waals surface area contributed by atoms with Crippen LogP contribution in [0.25, 0.3) is 0 Å². The van der Waals surface area contributed by atoms with Crippen molar-refractivity contribution >= 4 is 11.9 Å². The van der Waals surface area contributed by atoms with Crippen LogP contribution in [-0.2, 0) is 16.1 Å². The van der Waals surface area contributed by atoms with Crippen LogP contribution in [0.2, 0.25) is 0 Å². The van der Waals surface area contributed by atoms with Crippen molar-refractivity contribution in [3.05, 3.63) is 29.6 Å². The molecule has 0 radical (unpaired) electrons. The van der Waals surface area contributed by atoms with Crippen LogP contribution < -0.4 is 10.1 Å². The zero-order valence-corrected chi connectivity index (χ0v) is 14.7. The van der Waals surface area contributed by atoms with E-state index in [0.29, 0.717) is 31.9 Å². The number of halogens is 3. The van der Waals surface area contributed by atoms with Gasteiger partial charge in [0.2, 0.25) is 0 Å². The van der Waals surface area contributed by atoms with Gasteiger partial charge in [0, 0.05) is 32.2 Å². The highest BCUT2D eigenvalue weighted by Gasteiger charge is 2.27. The molecule has 9 heteroatoms. The summed E-state index contributed by atoms with van der Waals surface area (Å²) in [6.45, 7) is -1.93. The van der Waals surface area contributed by atoms with Crippen molar-refractivity contribution in [3.63, 3.8) is 0 Å². The lowest BCUT2D eigenvalue weighted by molar-refractivity contribution is -0.146. The maximum Gasteiger partial charge on any atom is 0.387 e. The van der Waals surface area contributed by atoms with Crippen molar-refractivity contribution in [1.82, 2.24) is 10.2 Å². The number of alkyl halides is 2. The van der Waals surface area contributed by atoms with Crippen LogP contribution >= 0.6 is 0 Å². The first-order valence-corrected chi connectivity index (χ1v) is 8.21. The molecular formula is C17H22F3N3O3. The number of methoxy groups -OCH3 is 1. The molecular weight excluding hydrogens is 351 g/mol. The second-order valence-corrected chi connectivity index (χ2v) is 5.78. The zero-order valence-electron chi connectivity index (χ0n) is 14.7. The molecule has 6 nitrogen and oxygen atoms in total. The zero-order chi connectivity index (χ0) is 19.1. The molecule has 26 heavy (non-hydrogen) atoms. The fourth-order valence-corrected chi connectivity index (χ4v) is 2.91. The van der Waals surface area contributed by atoms with Crippen LogP contribution in [0, 0.1) is 11.7 Å². The normalized spacial score (nSPS) is 15.9. The molecule has 144 valence electrons. The Kier molecular flexibility index (Phi) is 7.11. The van der Waals surface area contributed by atoms with Crippen molar-refractivity contribution in [2.24, 2.45) is 10.9 Å². The van der Waals surface area contributed by atoms with Gasteiger partial charge in [0.05, 0.1) is 13.0 Å². The molecule has 1 aliphatic heterocycles. The number of carbonyl (C=O) groups excluding carboxylic acids is 1. The summed E-state index contributed by atoms with van der Waals surface area (Å²) in [5.41, 5.74) is -0.00148. The topological polar surface area (TPSA) is 63.2 Å². The Bertz CT molecular complexity index is 647. The Balaban J connectivity index is 1.99. The smallest absolute Gasteiger partial charge is 0.387 e. The third-order valence-electron chi connectivity index (χ3n) is 4.26. The molecule has 0 spiro atoms. The predicted octanol–water partition coefficient (Wildman–Crippen LogP) is 2.39. The van der Waals surface area contributed by atoms with Crippen LogP contribution in [0.3, 0.4) is 0 Å². The molecule has 1 aliphatic rings. The van der Waals surface area contributed by atoms with E-state index in [1.165, 1.54) is 25.3 Å². The molecule has 0 saturated carbocycles. The number of carbonyl (C=O) groups is 1. The van der Waals surface area contributed by atoms with Gasteiger partial charge in [-0.1, -0.05) is 6.07 Å². The first kappa shape index (κ1) is 19.9. The van der Waals surface area contributed by atoms with Crippen LogP contribution in [0.4, 0.5) is 13.2 Å². The molecule has 0 atom stereocenters. The lowest BCUT2D eigenvalue weighted by Gasteiger charge is -2.33. The number of likely N-dealkylation sites (tertiary alicyclic amines) is 1. The van der Waals surface area contributed by atoms with Crippen molar-refractivity contribution < 1.29 is 27.4 Å². The molecule has 0 bridgehead atoms. The summed E-state index contributed by atoms with van der Waals surface area (Å²) >= 11 is 0. The van der Waals surface area contributed by atoms with E-state index in [1.807, 2.05) is 4.90 Å². The van der Waals surface area contributed by atoms with Gasteiger partial charge in [0.15, 0.2) is 5.96 Å². The van der Waals surface area contributed by atoms with Gasteiger partial charge in [-0.15, -0.1) is 0 Å². The number of rotatable bonds is 5. The largest absolute Gasteiger partial charge is 0.469 e. The Morgan fingerprint density at radius 2 is 2.08 bits per heavy atom. The van der Waals surface area contributed by atoms with Crippen LogP contribution in [-0.4, -0.2) is 50.7 Å². The summed E-state index contributed by atoms with van der Waals surface area (Å²) in [5.74, 6) is -0.734. The lowest BCUT2D eigenvalue weighted by Crippen LogP contribution is -2.46. The highest BCUT2D eigenvalue weighted by molar-refractivity contribution is 5.80. The Hall–Kier alpha value is -2.45. The maximum absolute atomic E-state index is 14.0. The van der Waals surface area contributed by atoms with E-state index in [-0.39, 0.29) is 29.7 Å². The third-order valence-corrected chi connectivity index (χ3v) is 4.26. The number of aliphatic imine (C=N–C) groups is 1. The molecule has 1 fully saturated rings. The number of esters is 1. The minimum Gasteiger partial charge on any atom is -0.469 e. The standard InChI is InChI=1S/C17H22F3N3O3/c1-21-17(23-8-6-11(7-9-23)15(24)25-2)22-10-12-13(18)4-3-5-14(12)26-16(19)20/h3-5,11,16H,6-10H2,1-2H3,(H,21,22). The number of nitrogens with zero attached hydrogens (tertiary/aromatic N) is 2. The summed E-state index contributed by atoms with van der Waals surface area (Å²) in [7, 11) is 2.94. The molecule has 0 amide bonds. The highest BCUT2D eigenvalue weighted by Crippen LogP contribution is 2.24. The molecule has 1 N–H and O–H groups in total. The Morgan fingerprint density at radius 1 is 1.38 bits per heavy atom. The fraction of sp³-hybridized carbons (Fsp3) is 0.529. The van der Waals surface area contributed by atoms with Crippen LogP contribution in [0.15, 0.2) is 23.2 Å². The summed E-state index contributed by atoms with van der Waals surface area (Å²) in [6, 6.07) is 3.78. The van der Waals surface area contributed by atoms with Gasteiger partial charge in [-0.2, -0.15) is 8.78 Å². The maximum atomic E-state index is 14.0. The van der Waals surface area contributed by atoms with Gasteiger partial charge in [-0.25, -0.2) is 4.39 Å². The Labute approximate surface area is 150 Å². The molecule has 1 aromatic rings. The lowest BCUT2D eigenvalue weighted by atomic mass is 9.97. The van der Waals surface area contributed by atoms with E-state index in [2.05, 4.69) is 15.0 Å². The molecule has 1 saturated heterocycles. The van der Waals surface area contributed by atoms with E-state index >= 15 is 0 Å². The highest BCUT2D eigenvalue weighted by atomic mass is 19.3. The Morgan fingerprint density at radius 3 is 2.65 bits per heavy atom. The summed E-state index contributed by atoms with van der Waals surface area (Å²) in [4.78, 5) is 17.6. The average Bonchev–Trinajstić information content (AvgIpc) is 2.63. The number of piperidine rings is 1. The van der Waals surface area contributed by atoms with Crippen molar-refractivity contribution in [2.75, 3.05) is 27.2 Å². The first-order chi connectivity index (χ1) is 12.5. The quantitative estimate of drug-likeness (QED) is 0.488. The number of hydrogen-bond acceptors (Lipinski definition) is 4. The molecule has 1 heterocycles. The molecule has 0 aliphatic carbocycles. The fourth-order valence-electron chi connectivity index (χ4n) is 2.91. The summed E-state index contributed by atoms with van der Waals surface area (Å²) in [5, 5.41) is 2.96. The third kappa shape index (κ3) is 5.03. The number of hydrogen-bond donors (Lipinski definition) is 1. The second-order valence-electron chi connectivity index (χ2n) is 5.78. The van der Waals surface area contributed by atoms with Crippen molar-refractivity contribution in [2.45, 2.75) is 26.0 Å². The molecule has 1 aromatic carbocycles. The van der Waals surface area contributed by atoms with Gasteiger partial charge < -0.3 is 19.7 Å². The van der Waals surface area contributed by atoms with E-state index in [4.69, 9.17) is 4.74 Å². The van der Waals surface area contributed by atoms with Gasteiger partial charge in [-0.3, -0.25) is 9.79 Å². The monoisotopic (exact) mass is 373 g/mol. The SMILES string of the molecule is CN=C(NCc1c(F)cccc1OC(F)F)N1CCC(C(=O)OC)CC1. The van der Waals surface area contributed by atoms with Crippen molar-refractivity contribution in [3.8, 4) is 5.75 Å². The first-order valence-electron chi connectivity index (χ1n) is 8.21. The second kappa shape index (κ2) is 9.30. The molecule has 0 unspecified atom stereocenters. The predicted molar refractivity (Wildman–Crippen MR) is 89.5 cm³/mol. The summed E-state index contributed by atoms with van der Waals surface area (Å²) in [6.07, 6.45) is 1.24. The van der Waals surface area contributed by atoms with E-state index < -0.39 is 12.4 Å². The van der Waals surface area contributed by atoms with E-state index in [0.717, 1.165) is 0 Å².